The molecule has 0 spiro atoms. The Morgan fingerprint density at radius 2 is 2.47 bits per heavy atom. The molecule has 0 saturated carbocycles. The highest BCUT2D eigenvalue weighted by Crippen LogP contribution is 2.04. The van der Waals surface area contributed by atoms with Gasteiger partial charge < -0.3 is 10.5 Å². The Morgan fingerprint density at radius 1 is 1.73 bits per heavy atom. The van der Waals surface area contributed by atoms with E-state index in [-0.39, 0.29) is 12.4 Å². The second-order valence-electron chi connectivity index (χ2n) is 3.37. The average molecular weight is 211 g/mol. The Morgan fingerprint density at radius 3 is 3.07 bits per heavy atom. The number of Topliss-reactive ketones (excluding diaryl/α,β-unsaturated/α-hetero) is 1. The number of aromatic nitrogens is 2. The first-order valence-electron chi connectivity index (χ1n) is 5.01. The summed E-state index contributed by atoms with van der Waals surface area (Å²) in [6.07, 6.45) is 2.55. The van der Waals surface area contributed by atoms with Gasteiger partial charge in [-0.2, -0.15) is 5.10 Å². The highest BCUT2D eigenvalue weighted by atomic mass is 16.5. The fourth-order valence-electron chi connectivity index (χ4n) is 1.38. The number of carbonyl (C=O) groups is 1. The molecule has 2 N–H and O–H groups in total. The molecule has 15 heavy (non-hydrogen) atoms. The molecule has 1 aromatic rings. The van der Waals surface area contributed by atoms with Gasteiger partial charge in [0.1, 0.15) is 5.69 Å². The lowest BCUT2D eigenvalue weighted by Gasteiger charge is -2.10. The zero-order chi connectivity index (χ0) is 11.3. The SMILES string of the molecule is CCCn1nccc1C(=O)C(N)COC. The lowest BCUT2D eigenvalue weighted by Crippen LogP contribution is -2.36. The molecule has 5 heteroatoms. The number of nitrogens with zero attached hydrogens (tertiary/aromatic N) is 2. The molecular weight excluding hydrogens is 194 g/mol. The van der Waals surface area contributed by atoms with Crippen molar-refractivity contribution in [2.24, 2.45) is 5.73 Å². The molecule has 1 aromatic heterocycles. The minimum atomic E-state index is -0.609. The molecule has 0 aliphatic rings. The predicted molar refractivity (Wildman–Crippen MR) is 56.7 cm³/mol. The minimum Gasteiger partial charge on any atom is -0.383 e. The van der Waals surface area contributed by atoms with Gasteiger partial charge in [-0.1, -0.05) is 6.92 Å². The number of hydrogen-bond donors (Lipinski definition) is 1. The van der Waals surface area contributed by atoms with Gasteiger partial charge in [-0.25, -0.2) is 0 Å². The monoisotopic (exact) mass is 211 g/mol. The van der Waals surface area contributed by atoms with E-state index in [1.54, 1.807) is 16.9 Å². The fraction of sp³-hybridized carbons (Fsp3) is 0.600. The second kappa shape index (κ2) is 5.63. The van der Waals surface area contributed by atoms with Crippen molar-refractivity contribution >= 4 is 5.78 Å². The van der Waals surface area contributed by atoms with Gasteiger partial charge in [-0.05, 0) is 12.5 Å². The first kappa shape index (κ1) is 11.9. The van der Waals surface area contributed by atoms with Gasteiger partial charge in [0.15, 0.2) is 5.78 Å². The van der Waals surface area contributed by atoms with Crippen molar-refractivity contribution in [3.8, 4) is 0 Å². The van der Waals surface area contributed by atoms with Crippen LogP contribution in [-0.4, -0.2) is 35.3 Å². The molecule has 0 amide bonds. The Kier molecular flexibility index (Phi) is 4.45. The van der Waals surface area contributed by atoms with Crippen LogP contribution in [0.15, 0.2) is 12.3 Å². The number of aryl methyl sites for hydroxylation is 1. The molecular formula is C10H17N3O2. The third-order valence-electron chi connectivity index (χ3n) is 2.09. The average Bonchev–Trinajstić information content (AvgIpc) is 2.66. The van der Waals surface area contributed by atoms with Crippen LogP contribution in [0.2, 0.25) is 0 Å². The Balaban J connectivity index is 2.76. The molecule has 5 nitrogen and oxygen atoms in total. The van der Waals surface area contributed by atoms with E-state index in [0.29, 0.717) is 5.69 Å². The molecule has 0 bridgehead atoms. The molecule has 0 saturated heterocycles. The number of hydrogen-bond acceptors (Lipinski definition) is 4. The van der Waals surface area contributed by atoms with E-state index >= 15 is 0 Å². The van der Waals surface area contributed by atoms with Gasteiger partial charge in [-0.15, -0.1) is 0 Å². The number of ether oxygens (including phenoxy) is 1. The molecule has 1 rings (SSSR count). The van der Waals surface area contributed by atoms with Crippen molar-refractivity contribution in [2.75, 3.05) is 13.7 Å². The summed E-state index contributed by atoms with van der Waals surface area (Å²) in [7, 11) is 1.52. The summed E-state index contributed by atoms with van der Waals surface area (Å²) in [5, 5.41) is 4.07. The lowest BCUT2D eigenvalue weighted by molar-refractivity contribution is 0.0881. The minimum absolute atomic E-state index is 0.122. The maximum atomic E-state index is 11.8. The van der Waals surface area contributed by atoms with Crippen molar-refractivity contribution in [2.45, 2.75) is 25.9 Å². The molecule has 0 aliphatic carbocycles. The highest BCUT2D eigenvalue weighted by molar-refractivity contribution is 5.98. The number of methoxy groups -OCH3 is 1. The summed E-state index contributed by atoms with van der Waals surface area (Å²) < 4.78 is 6.53. The standard InChI is InChI=1S/C10H17N3O2/c1-3-6-13-9(4-5-12-13)10(14)8(11)7-15-2/h4-5,8H,3,6-7,11H2,1-2H3. The van der Waals surface area contributed by atoms with E-state index in [9.17, 15) is 4.79 Å². The third kappa shape index (κ3) is 2.87. The summed E-state index contributed by atoms with van der Waals surface area (Å²) in [4.78, 5) is 11.8. The van der Waals surface area contributed by atoms with Gasteiger partial charge in [0, 0.05) is 19.9 Å². The van der Waals surface area contributed by atoms with Crippen LogP contribution in [0.1, 0.15) is 23.8 Å². The first-order chi connectivity index (χ1) is 7.20. The zero-order valence-electron chi connectivity index (χ0n) is 9.14. The molecule has 84 valence electrons. The van der Waals surface area contributed by atoms with E-state index in [4.69, 9.17) is 10.5 Å². The van der Waals surface area contributed by atoms with Crippen molar-refractivity contribution in [3.05, 3.63) is 18.0 Å². The number of rotatable bonds is 6. The van der Waals surface area contributed by atoms with Crippen LogP contribution in [0.25, 0.3) is 0 Å². The van der Waals surface area contributed by atoms with Crippen LogP contribution in [-0.2, 0) is 11.3 Å². The van der Waals surface area contributed by atoms with Gasteiger partial charge in [-0.3, -0.25) is 9.48 Å². The third-order valence-corrected chi connectivity index (χ3v) is 2.09. The van der Waals surface area contributed by atoms with Gasteiger partial charge in [0.05, 0.1) is 12.6 Å². The molecule has 1 atom stereocenters. The maximum absolute atomic E-state index is 11.8. The molecule has 1 unspecified atom stereocenters. The Labute approximate surface area is 89.2 Å². The van der Waals surface area contributed by atoms with Crippen LogP contribution in [0.5, 0.6) is 0 Å². The number of carbonyl (C=O) groups excluding carboxylic acids is 1. The first-order valence-corrected chi connectivity index (χ1v) is 5.01. The molecule has 0 fully saturated rings. The summed E-state index contributed by atoms with van der Waals surface area (Å²) >= 11 is 0. The Bertz CT molecular complexity index is 322. The van der Waals surface area contributed by atoms with Crippen molar-refractivity contribution in [1.29, 1.82) is 0 Å². The topological polar surface area (TPSA) is 70.1 Å². The van der Waals surface area contributed by atoms with Crippen molar-refractivity contribution < 1.29 is 9.53 Å². The van der Waals surface area contributed by atoms with Gasteiger partial charge in [0.25, 0.3) is 0 Å². The number of nitrogens with two attached hydrogens (primary N) is 1. The van der Waals surface area contributed by atoms with E-state index < -0.39 is 6.04 Å². The van der Waals surface area contributed by atoms with Crippen molar-refractivity contribution in [1.82, 2.24) is 9.78 Å². The van der Waals surface area contributed by atoms with E-state index in [2.05, 4.69) is 5.10 Å². The highest BCUT2D eigenvalue weighted by Gasteiger charge is 2.18. The Hall–Kier alpha value is -1.20. The van der Waals surface area contributed by atoms with Crippen LogP contribution in [0.3, 0.4) is 0 Å². The van der Waals surface area contributed by atoms with Crippen molar-refractivity contribution in [3.63, 3.8) is 0 Å². The smallest absolute Gasteiger partial charge is 0.199 e. The molecule has 0 radical (unpaired) electrons. The maximum Gasteiger partial charge on any atom is 0.199 e. The van der Waals surface area contributed by atoms with Crippen LogP contribution < -0.4 is 5.73 Å². The fourth-order valence-corrected chi connectivity index (χ4v) is 1.38. The van der Waals surface area contributed by atoms with Crippen LogP contribution in [0.4, 0.5) is 0 Å². The van der Waals surface area contributed by atoms with Crippen LogP contribution in [0, 0.1) is 0 Å². The summed E-state index contributed by atoms with van der Waals surface area (Å²) in [5.41, 5.74) is 6.23. The summed E-state index contributed by atoms with van der Waals surface area (Å²) in [6.45, 7) is 2.99. The molecule has 1 heterocycles. The lowest BCUT2D eigenvalue weighted by atomic mass is 10.1. The zero-order valence-corrected chi connectivity index (χ0v) is 9.14. The largest absolute Gasteiger partial charge is 0.383 e. The van der Waals surface area contributed by atoms with E-state index in [1.165, 1.54) is 7.11 Å². The summed E-state index contributed by atoms with van der Waals surface area (Å²) in [5.74, 6) is -0.122. The van der Waals surface area contributed by atoms with E-state index in [1.807, 2.05) is 6.92 Å². The quantitative estimate of drug-likeness (QED) is 0.693. The summed E-state index contributed by atoms with van der Waals surface area (Å²) in [6, 6.07) is 1.08. The van der Waals surface area contributed by atoms with Crippen LogP contribution >= 0.6 is 0 Å². The second-order valence-corrected chi connectivity index (χ2v) is 3.37. The van der Waals surface area contributed by atoms with E-state index in [0.717, 1.165) is 13.0 Å². The van der Waals surface area contributed by atoms with Gasteiger partial charge in [0.2, 0.25) is 0 Å². The molecule has 0 aromatic carbocycles. The number of ketones is 1. The van der Waals surface area contributed by atoms with Gasteiger partial charge >= 0.3 is 0 Å². The molecule has 0 aliphatic heterocycles. The predicted octanol–water partition coefficient (Wildman–Crippen LogP) is 0.449. The normalized spacial score (nSPS) is 12.7.